The van der Waals surface area contributed by atoms with E-state index in [1.165, 1.54) is 45.2 Å². The lowest BCUT2D eigenvalue weighted by molar-refractivity contribution is 0.487. The van der Waals surface area contributed by atoms with E-state index in [4.69, 9.17) is 0 Å². The number of hydrogen-bond acceptors (Lipinski definition) is 1. The molecule has 0 aromatic heterocycles. The number of hydrogen-bond donors (Lipinski definition) is 1. The normalized spacial score (nSPS) is 27.0. The van der Waals surface area contributed by atoms with E-state index in [0.29, 0.717) is 5.41 Å². The van der Waals surface area contributed by atoms with E-state index in [2.05, 4.69) is 12.2 Å². The third-order valence-electron chi connectivity index (χ3n) is 3.08. The average Bonchev–Trinajstić information content (AvgIpc) is 2.80. The van der Waals surface area contributed by atoms with E-state index >= 15 is 0 Å². The molecule has 1 N–H and O–H groups in total. The molecule has 0 unspecified atom stereocenters. The molecule has 2 rings (SSSR count). The summed E-state index contributed by atoms with van der Waals surface area (Å²) in [6.45, 7) is 4.91. The van der Waals surface area contributed by atoms with Crippen molar-refractivity contribution in [1.29, 1.82) is 0 Å². The fourth-order valence-corrected chi connectivity index (χ4v) is 1.49. The highest BCUT2D eigenvalue weighted by Gasteiger charge is 2.36. The molecule has 0 spiro atoms. The molecular weight excluding hydrogens is 134 g/mol. The van der Waals surface area contributed by atoms with Gasteiger partial charge in [-0.15, -0.1) is 0 Å². The van der Waals surface area contributed by atoms with Crippen LogP contribution in [0, 0.1) is 11.3 Å². The van der Waals surface area contributed by atoms with Crippen molar-refractivity contribution >= 4 is 0 Å². The second-order valence-electron chi connectivity index (χ2n) is 4.72. The summed E-state index contributed by atoms with van der Waals surface area (Å²) in [5, 5.41) is 3.56. The smallest absolute Gasteiger partial charge is 0.000517 e. The van der Waals surface area contributed by atoms with Gasteiger partial charge in [0.05, 0.1) is 0 Å². The van der Waals surface area contributed by atoms with Gasteiger partial charge in [0.2, 0.25) is 0 Å². The van der Waals surface area contributed by atoms with Crippen LogP contribution in [0.5, 0.6) is 0 Å². The molecule has 0 atom stereocenters. The van der Waals surface area contributed by atoms with E-state index in [1.807, 2.05) is 0 Å². The molecule has 2 saturated carbocycles. The first-order chi connectivity index (χ1) is 5.29. The van der Waals surface area contributed by atoms with Gasteiger partial charge in [0.15, 0.2) is 0 Å². The molecule has 0 bridgehead atoms. The van der Waals surface area contributed by atoms with E-state index in [-0.39, 0.29) is 0 Å². The fourth-order valence-electron chi connectivity index (χ4n) is 1.49. The largest absolute Gasteiger partial charge is 0.316 e. The molecule has 1 nitrogen and oxygen atoms in total. The summed E-state index contributed by atoms with van der Waals surface area (Å²) in [6, 6.07) is 0. The average molecular weight is 153 g/mol. The molecule has 2 aliphatic carbocycles. The Labute approximate surface area is 69.6 Å². The molecule has 0 aliphatic heterocycles. The highest BCUT2D eigenvalue weighted by atomic mass is 14.9. The Hall–Kier alpha value is -0.0400. The molecule has 0 amide bonds. The Morgan fingerprint density at radius 2 is 2.09 bits per heavy atom. The summed E-state index contributed by atoms with van der Waals surface area (Å²) >= 11 is 0. The van der Waals surface area contributed by atoms with Crippen molar-refractivity contribution in [3.05, 3.63) is 0 Å². The maximum atomic E-state index is 3.56. The minimum Gasteiger partial charge on any atom is -0.316 e. The Bertz CT molecular complexity index is 134. The predicted molar refractivity (Wildman–Crippen MR) is 47.6 cm³/mol. The van der Waals surface area contributed by atoms with Crippen LogP contribution in [-0.4, -0.2) is 13.1 Å². The van der Waals surface area contributed by atoms with Crippen molar-refractivity contribution in [2.75, 3.05) is 13.1 Å². The molecular formula is C10H19N. The number of nitrogens with one attached hydrogen (secondary N) is 1. The number of rotatable bonds is 5. The summed E-state index contributed by atoms with van der Waals surface area (Å²) in [5.41, 5.74) is 0.698. The fraction of sp³-hybridized carbons (Fsp3) is 1.00. The highest BCUT2D eigenvalue weighted by Crippen LogP contribution is 2.44. The highest BCUT2D eigenvalue weighted by molar-refractivity contribution is 4.90. The molecule has 2 aliphatic rings. The molecule has 0 saturated heterocycles. The zero-order valence-corrected chi connectivity index (χ0v) is 7.53. The molecule has 0 heterocycles. The first kappa shape index (κ1) is 7.60. The molecule has 0 radical (unpaired) electrons. The van der Waals surface area contributed by atoms with Crippen LogP contribution in [0.1, 0.15) is 39.0 Å². The third kappa shape index (κ3) is 2.48. The lowest BCUT2D eigenvalue weighted by atomic mass is 10.1. The first-order valence-corrected chi connectivity index (χ1v) is 4.99. The van der Waals surface area contributed by atoms with Crippen LogP contribution in [0.3, 0.4) is 0 Å². The van der Waals surface area contributed by atoms with Gasteiger partial charge >= 0.3 is 0 Å². The monoisotopic (exact) mass is 153 g/mol. The molecule has 11 heavy (non-hydrogen) atoms. The van der Waals surface area contributed by atoms with Crippen LogP contribution < -0.4 is 5.32 Å². The third-order valence-corrected chi connectivity index (χ3v) is 3.08. The Morgan fingerprint density at radius 3 is 2.64 bits per heavy atom. The Morgan fingerprint density at radius 1 is 1.36 bits per heavy atom. The predicted octanol–water partition coefficient (Wildman–Crippen LogP) is 2.18. The van der Waals surface area contributed by atoms with Gasteiger partial charge in [0, 0.05) is 6.54 Å². The van der Waals surface area contributed by atoms with Gasteiger partial charge in [-0.1, -0.05) is 19.8 Å². The van der Waals surface area contributed by atoms with Crippen molar-refractivity contribution < 1.29 is 0 Å². The zero-order valence-electron chi connectivity index (χ0n) is 7.53. The summed E-state index contributed by atoms with van der Waals surface area (Å²) < 4.78 is 0. The van der Waals surface area contributed by atoms with Gasteiger partial charge in [-0.3, -0.25) is 0 Å². The van der Waals surface area contributed by atoms with Crippen molar-refractivity contribution in [2.24, 2.45) is 11.3 Å². The van der Waals surface area contributed by atoms with Crippen LogP contribution in [0.2, 0.25) is 0 Å². The molecule has 1 heteroatoms. The SMILES string of the molecule is CC1(CNCCC2CC2)CC1. The summed E-state index contributed by atoms with van der Waals surface area (Å²) in [5.74, 6) is 1.09. The van der Waals surface area contributed by atoms with Crippen molar-refractivity contribution in [3.8, 4) is 0 Å². The summed E-state index contributed by atoms with van der Waals surface area (Å²) in [7, 11) is 0. The summed E-state index contributed by atoms with van der Waals surface area (Å²) in [4.78, 5) is 0. The van der Waals surface area contributed by atoms with Gasteiger partial charge in [-0.2, -0.15) is 0 Å². The van der Waals surface area contributed by atoms with Crippen molar-refractivity contribution in [1.82, 2.24) is 5.32 Å². The van der Waals surface area contributed by atoms with Crippen molar-refractivity contribution in [3.63, 3.8) is 0 Å². The Balaban J connectivity index is 1.46. The van der Waals surface area contributed by atoms with E-state index in [0.717, 1.165) is 5.92 Å². The lowest BCUT2D eigenvalue weighted by Gasteiger charge is -2.08. The van der Waals surface area contributed by atoms with Crippen LogP contribution in [0.25, 0.3) is 0 Å². The van der Waals surface area contributed by atoms with Gasteiger partial charge < -0.3 is 5.32 Å². The van der Waals surface area contributed by atoms with Gasteiger partial charge in [0.1, 0.15) is 0 Å². The van der Waals surface area contributed by atoms with Gasteiger partial charge in [-0.25, -0.2) is 0 Å². The maximum absolute atomic E-state index is 3.56. The molecule has 2 fully saturated rings. The summed E-state index contributed by atoms with van der Waals surface area (Å²) in [6.07, 6.45) is 7.32. The van der Waals surface area contributed by atoms with E-state index < -0.39 is 0 Å². The second-order valence-corrected chi connectivity index (χ2v) is 4.72. The minimum atomic E-state index is 0.698. The van der Waals surface area contributed by atoms with Crippen LogP contribution in [0.15, 0.2) is 0 Å². The van der Waals surface area contributed by atoms with Crippen LogP contribution in [-0.2, 0) is 0 Å². The van der Waals surface area contributed by atoms with E-state index in [1.54, 1.807) is 0 Å². The molecule has 0 aromatic carbocycles. The van der Waals surface area contributed by atoms with E-state index in [9.17, 15) is 0 Å². The maximum Gasteiger partial charge on any atom is 0.000517 e. The molecule has 64 valence electrons. The second kappa shape index (κ2) is 2.78. The van der Waals surface area contributed by atoms with Crippen LogP contribution in [0.4, 0.5) is 0 Å². The van der Waals surface area contributed by atoms with Crippen LogP contribution >= 0.6 is 0 Å². The minimum absolute atomic E-state index is 0.698. The van der Waals surface area contributed by atoms with Gasteiger partial charge in [0.25, 0.3) is 0 Å². The molecule has 0 aromatic rings. The standard InChI is InChI=1S/C10H19N/c1-10(5-6-10)8-11-7-4-9-2-3-9/h9,11H,2-8H2,1H3. The Kier molecular flexibility index (Phi) is 1.92. The van der Waals surface area contributed by atoms with Gasteiger partial charge in [-0.05, 0) is 37.1 Å². The first-order valence-electron chi connectivity index (χ1n) is 4.99. The van der Waals surface area contributed by atoms with Crippen molar-refractivity contribution in [2.45, 2.75) is 39.0 Å². The lowest BCUT2D eigenvalue weighted by Crippen LogP contribution is -2.23. The zero-order chi connectivity index (χ0) is 7.73. The topological polar surface area (TPSA) is 12.0 Å². The quantitative estimate of drug-likeness (QED) is 0.597.